The number of ether oxygens (including phenoxy) is 2. The van der Waals surface area contributed by atoms with Crippen molar-refractivity contribution in [3.63, 3.8) is 0 Å². The number of carbonyl (C=O) groups excluding carboxylic acids is 5. The number of amides is 4. The van der Waals surface area contributed by atoms with E-state index >= 15 is 0 Å². The molecule has 12 nitrogen and oxygen atoms in total. The van der Waals surface area contributed by atoms with Crippen LogP contribution in [-0.2, 0) is 14.3 Å². The van der Waals surface area contributed by atoms with Crippen molar-refractivity contribution in [2.24, 2.45) is 0 Å². The molecule has 0 aliphatic rings. The molecule has 0 fully saturated rings. The van der Waals surface area contributed by atoms with Crippen LogP contribution >= 0.6 is 23.1 Å². The van der Waals surface area contributed by atoms with E-state index in [0.29, 0.717) is 38.5 Å². The highest BCUT2D eigenvalue weighted by molar-refractivity contribution is 8.00. The zero-order valence-corrected chi connectivity index (χ0v) is 34.3. The van der Waals surface area contributed by atoms with Gasteiger partial charge in [-0.15, -0.1) is 23.1 Å². The number of rotatable bonds is 15. The lowest BCUT2D eigenvalue weighted by Gasteiger charge is -2.18. The number of hydrogen-bond acceptors (Lipinski definition) is 10. The molecule has 5 aromatic carbocycles. The van der Waals surface area contributed by atoms with E-state index in [9.17, 15) is 29.1 Å². The second-order valence-corrected chi connectivity index (χ2v) is 15.2. The lowest BCUT2D eigenvalue weighted by Crippen LogP contribution is -2.30. The first-order valence-corrected chi connectivity index (χ1v) is 20.3. The molecular weight excluding hydrogens is 801 g/mol. The largest absolute Gasteiger partial charge is 0.508 e. The maximum atomic E-state index is 14.3. The molecule has 0 spiro atoms. The Bertz CT molecular complexity index is 2540. The molecule has 0 bridgehead atoms. The lowest BCUT2D eigenvalue weighted by atomic mass is 10.1. The van der Waals surface area contributed by atoms with Crippen LogP contribution < -0.4 is 26.0 Å². The normalized spacial score (nSPS) is 11.5. The van der Waals surface area contributed by atoms with Gasteiger partial charge in [0, 0.05) is 33.5 Å². The number of methoxy groups -OCH3 is 1. The van der Waals surface area contributed by atoms with E-state index in [2.05, 4.69) is 21.3 Å². The summed E-state index contributed by atoms with van der Waals surface area (Å²) in [7, 11) is 1.42. The summed E-state index contributed by atoms with van der Waals surface area (Å²) in [4.78, 5) is 69.0. The molecule has 60 heavy (non-hydrogen) atoms. The SMILES string of the molecule is CCOC(=O)c1c(NC(=O)C(Sc2cccc(NC(=O)/C(=C\c3ccc(O)cc3OC)NC(=O)c3ccccc3)c2)c2ccccc2)sc(C(=O)Nc2ccccc2)c1C. The van der Waals surface area contributed by atoms with Crippen molar-refractivity contribution in [1.29, 1.82) is 0 Å². The summed E-state index contributed by atoms with van der Waals surface area (Å²) in [6, 6.07) is 37.6. The number of thiophene rings is 1. The molecule has 1 aromatic heterocycles. The number of aromatic hydroxyl groups is 1. The van der Waals surface area contributed by atoms with E-state index in [1.54, 1.807) is 123 Å². The highest BCUT2D eigenvalue weighted by atomic mass is 32.2. The molecule has 6 rings (SSSR count). The third kappa shape index (κ3) is 10.7. The molecule has 0 aliphatic heterocycles. The molecule has 14 heteroatoms. The lowest BCUT2D eigenvalue weighted by molar-refractivity contribution is -0.116. The number of nitrogens with one attached hydrogen (secondary N) is 4. The molecule has 0 saturated carbocycles. The van der Waals surface area contributed by atoms with Gasteiger partial charge < -0.3 is 35.8 Å². The van der Waals surface area contributed by atoms with Gasteiger partial charge in [-0.1, -0.05) is 72.8 Å². The average molecular weight is 841 g/mol. The number of hydrogen-bond donors (Lipinski definition) is 5. The van der Waals surface area contributed by atoms with Crippen molar-refractivity contribution in [3.8, 4) is 11.5 Å². The van der Waals surface area contributed by atoms with Crippen molar-refractivity contribution < 1.29 is 38.6 Å². The third-order valence-electron chi connectivity index (χ3n) is 8.83. The average Bonchev–Trinajstić information content (AvgIpc) is 3.59. The Morgan fingerprint density at radius 3 is 2.12 bits per heavy atom. The minimum atomic E-state index is -0.862. The molecule has 1 atom stereocenters. The Morgan fingerprint density at radius 2 is 1.43 bits per heavy atom. The zero-order chi connectivity index (χ0) is 42.6. The standard InChI is InChI=1S/C46H40N4O8S2/c1-4-58-46(56)38-28(2)39(43(54)47-32-19-12-7-13-20-32)60-45(38)50-44(55)40(29-15-8-5-9-16-29)59-35-22-14-21-33(26-35)48-42(53)36(49-41(52)30-17-10-6-11-18-30)25-31-23-24-34(51)27-37(31)57-3/h5-27,40,51H,4H2,1-3H3,(H,47,54)(H,48,53)(H,49,52)(H,50,55)/b36-25+. The number of phenols is 1. The number of para-hydroxylation sites is 1. The molecule has 4 amide bonds. The van der Waals surface area contributed by atoms with Gasteiger partial charge in [-0.05, 0) is 85.6 Å². The zero-order valence-electron chi connectivity index (χ0n) is 32.7. The van der Waals surface area contributed by atoms with Gasteiger partial charge >= 0.3 is 5.97 Å². The predicted octanol–water partition coefficient (Wildman–Crippen LogP) is 9.08. The predicted molar refractivity (Wildman–Crippen MR) is 235 cm³/mol. The quantitative estimate of drug-likeness (QED) is 0.0384. The van der Waals surface area contributed by atoms with Crippen LogP contribution in [0.15, 0.2) is 144 Å². The fourth-order valence-electron chi connectivity index (χ4n) is 5.95. The Kier molecular flexibility index (Phi) is 14.2. The van der Waals surface area contributed by atoms with Gasteiger partial charge in [-0.3, -0.25) is 19.2 Å². The Hall–Kier alpha value is -7.16. The van der Waals surface area contributed by atoms with Crippen molar-refractivity contribution >= 4 is 75.1 Å². The van der Waals surface area contributed by atoms with Crippen molar-refractivity contribution in [2.45, 2.75) is 24.0 Å². The monoisotopic (exact) mass is 840 g/mol. The summed E-state index contributed by atoms with van der Waals surface area (Å²) in [5, 5.41) is 20.6. The fourth-order valence-corrected chi connectivity index (χ4v) is 8.13. The van der Waals surface area contributed by atoms with Crippen molar-refractivity contribution in [1.82, 2.24) is 5.32 Å². The van der Waals surface area contributed by atoms with E-state index in [-0.39, 0.29) is 39.2 Å². The number of anilines is 3. The fraction of sp³-hybridized carbons (Fsp3) is 0.109. The summed E-state index contributed by atoms with van der Waals surface area (Å²) >= 11 is 2.18. The second-order valence-electron chi connectivity index (χ2n) is 13.0. The second kappa shape index (κ2) is 20.0. The summed E-state index contributed by atoms with van der Waals surface area (Å²) in [5.41, 5.74) is 2.69. The molecule has 6 aromatic rings. The minimum Gasteiger partial charge on any atom is -0.508 e. The number of carbonyl (C=O) groups is 5. The van der Waals surface area contributed by atoms with Gasteiger partial charge in [0.25, 0.3) is 17.7 Å². The van der Waals surface area contributed by atoms with E-state index in [1.807, 2.05) is 12.1 Å². The van der Waals surface area contributed by atoms with E-state index in [4.69, 9.17) is 9.47 Å². The Labute approximate surface area is 354 Å². The summed E-state index contributed by atoms with van der Waals surface area (Å²) < 4.78 is 10.7. The first-order chi connectivity index (χ1) is 29.0. The first kappa shape index (κ1) is 42.4. The highest BCUT2D eigenvalue weighted by Gasteiger charge is 2.30. The summed E-state index contributed by atoms with van der Waals surface area (Å²) in [6.45, 7) is 3.39. The Balaban J connectivity index is 1.27. The number of benzene rings is 5. The van der Waals surface area contributed by atoms with Gasteiger partial charge in [0.05, 0.1) is 24.2 Å². The molecule has 0 aliphatic carbocycles. The first-order valence-electron chi connectivity index (χ1n) is 18.6. The summed E-state index contributed by atoms with van der Waals surface area (Å²) in [6.07, 6.45) is 1.44. The van der Waals surface area contributed by atoms with Crippen molar-refractivity contribution in [2.75, 3.05) is 29.7 Å². The van der Waals surface area contributed by atoms with Gasteiger partial charge in [0.2, 0.25) is 5.91 Å². The maximum Gasteiger partial charge on any atom is 0.341 e. The van der Waals surface area contributed by atoms with E-state index in [0.717, 1.165) is 11.3 Å². The van der Waals surface area contributed by atoms with Gasteiger partial charge in [-0.25, -0.2) is 4.79 Å². The van der Waals surface area contributed by atoms with Crippen LogP contribution in [0.5, 0.6) is 11.5 Å². The molecular formula is C46H40N4O8S2. The highest BCUT2D eigenvalue weighted by Crippen LogP contribution is 2.40. The van der Waals surface area contributed by atoms with Crippen molar-refractivity contribution in [3.05, 3.63) is 172 Å². The molecule has 1 heterocycles. The Morgan fingerprint density at radius 1 is 0.767 bits per heavy atom. The summed E-state index contributed by atoms with van der Waals surface area (Å²) in [5.74, 6) is -2.53. The third-order valence-corrected chi connectivity index (χ3v) is 11.3. The molecule has 5 N–H and O–H groups in total. The minimum absolute atomic E-state index is 0.0407. The van der Waals surface area contributed by atoms with Crippen LogP contribution in [0.1, 0.15) is 59.3 Å². The van der Waals surface area contributed by atoms with Crippen LogP contribution in [0.3, 0.4) is 0 Å². The molecule has 0 saturated heterocycles. The maximum absolute atomic E-state index is 14.3. The number of thioether (sulfide) groups is 1. The molecule has 304 valence electrons. The molecule has 0 radical (unpaired) electrons. The van der Waals surface area contributed by atoms with Crippen LogP contribution in [0, 0.1) is 6.92 Å². The van der Waals surface area contributed by atoms with Crippen LogP contribution in [0.2, 0.25) is 0 Å². The van der Waals surface area contributed by atoms with E-state index < -0.39 is 34.8 Å². The van der Waals surface area contributed by atoms with Gasteiger partial charge in [-0.2, -0.15) is 0 Å². The number of esters is 1. The van der Waals surface area contributed by atoms with Crippen LogP contribution in [0.4, 0.5) is 16.4 Å². The van der Waals surface area contributed by atoms with Crippen LogP contribution in [-0.4, -0.2) is 48.4 Å². The number of phenolic OH excluding ortho intramolecular Hbond substituents is 1. The van der Waals surface area contributed by atoms with Gasteiger partial charge in [0.1, 0.15) is 27.4 Å². The molecule has 1 unspecified atom stereocenters. The van der Waals surface area contributed by atoms with Crippen LogP contribution in [0.25, 0.3) is 6.08 Å². The van der Waals surface area contributed by atoms with E-state index in [1.165, 1.54) is 37.1 Å². The smallest absolute Gasteiger partial charge is 0.341 e. The topological polar surface area (TPSA) is 172 Å². The van der Waals surface area contributed by atoms with Gasteiger partial charge in [0.15, 0.2) is 0 Å².